The van der Waals surface area contributed by atoms with E-state index < -0.39 is 11.2 Å². The van der Waals surface area contributed by atoms with Gasteiger partial charge in [-0.1, -0.05) is 23.9 Å². The van der Waals surface area contributed by atoms with Crippen molar-refractivity contribution in [1.29, 1.82) is 0 Å². The van der Waals surface area contributed by atoms with Crippen LogP contribution in [0.4, 0.5) is 0 Å². The summed E-state index contributed by atoms with van der Waals surface area (Å²) in [4.78, 5) is 15.3. The highest BCUT2D eigenvalue weighted by molar-refractivity contribution is 8.00. The maximum absolute atomic E-state index is 10.9. The molecule has 7 heteroatoms. The Balaban J connectivity index is 2.15. The van der Waals surface area contributed by atoms with Gasteiger partial charge in [-0.15, -0.1) is 5.10 Å². The molecule has 1 atom stereocenters. The summed E-state index contributed by atoms with van der Waals surface area (Å²) in [5.74, 6) is -0.239. The topological polar surface area (TPSA) is 83.3 Å². The summed E-state index contributed by atoms with van der Waals surface area (Å²) in [6, 6.07) is 7.67. The highest BCUT2D eigenvalue weighted by Gasteiger charge is 2.18. The quantitative estimate of drug-likeness (QED) is 0.703. The van der Waals surface area contributed by atoms with E-state index in [1.807, 2.05) is 28.7 Å². The van der Waals surface area contributed by atoms with Crippen molar-refractivity contribution in [3.05, 3.63) is 24.3 Å². The van der Waals surface area contributed by atoms with E-state index >= 15 is 0 Å². The van der Waals surface area contributed by atoms with Crippen LogP contribution in [0.2, 0.25) is 0 Å². The lowest BCUT2D eigenvalue weighted by atomic mass is 10.3. The van der Waals surface area contributed by atoms with E-state index in [4.69, 9.17) is 5.11 Å². The van der Waals surface area contributed by atoms with Crippen LogP contribution >= 0.6 is 11.8 Å². The molecule has 92 valence electrons. The van der Waals surface area contributed by atoms with E-state index in [9.17, 15) is 4.79 Å². The third-order valence-corrected chi connectivity index (χ3v) is 3.67. The molecule has 2 N–H and O–H groups in total. The molecular weight excluding hydrogens is 252 g/mol. The molecular formula is C11H10N4O2S. The number of imidazole rings is 1. The monoisotopic (exact) mass is 262 g/mol. The van der Waals surface area contributed by atoms with Gasteiger partial charge in [0.1, 0.15) is 5.25 Å². The zero-order chi connectivity index (χ0) is 12.7. The van der Waals surface area contributed by atoms with Gasteiger partial charge in [0.15, 0.2) is 5.16 Å². The number of aromatic amines is 1. The molecule has 0 saturated carbocycles. The van der Waals surface area contributed by atoms with Gasteiger partial charge in [-0.2, -0.15) is 0 Å². The number of nitrogens with zero attached hydrogens (tertiary/aromatic N) is 3. The first-order valence-corrected chi connectivity index (χ1v) is 6.26. The Bertz CT molecular complexity index is 733. The van der Waals surface area contributed by atoms with Crippen molar-refractivity contribution >= 4 is 34.5 Å². The summed E-state index contributed by atoms with van der Waals surface area (Å²) in [7, 11) is 0. The zero-order valence-corrected chi connectivity index (χ0v) is 10.3. The minimum Gasteiger partial charge on any atom is -0.480 e. The summed E-state index contributed by atoms with van der Waals surface area (Å²) < 4.78 is 1.83. The third kappa shape index (κ3) is 1.63. The molecule has 2 heterocycles. The molecule has 1 unspecified atom stereocenters. The van der Waals surface area contributed by atoms with E-state index in [1.165, 1.54) is 11.8 Å². The van der Waals surface area contributed by atoms with Crippen molar-refractivity contribution < 1.29 is 9.90 Å². The number of benzene rings is 1. The molecule has 0 aliphatic carbocycles. The van der Waals surface area contributed by atoms with Crippen LogP contribution in [0, 0.1) is 0 Å². The van der Waals surface area contributed by atoms with Gasteiger partial charge in [-0.3, -0.25) is 9.20 Å². The van der Waals surface area contributed by atoms with E-state index in [0.29, 0.717) is 10.9 Å². The number of carbonyl (C=O) groups is 1. The molecule has 1 aromatic carbocycles. The fourth-order valence-electron chi connectivity index (χ4n) is 1.73. The number of hydrogen-bond acceptors (Lipinski definition) is 4. The van der Waals surface area contributed by atoms with Gasteiger partial charge in [0, 0.05) is 0 Å². The van der Waals surface area contributed by atoms with Crippen LogP contribution in [-0.2, 0) is 4.79 Å². The van der Waals surface area contributed by atoms with Crippen LogP contribution in [0.3, 0.4) is 0 Å². The van der Waals surface area contributed by atoms with Crippen LogP contribution in [0.15, 0.2) is 29.4 Å². The molecule has 0 aliphatic heterocycles. The average Bonchev–Trinajstić information content (AvgIpc) is 2.89. The molecule has 0 spiro atoms. The van der Waals surface area contributed by atoms with Gasteiger partial charge in [-0.05, 0) is 19.1 Å². The number of thioether (sulfide) groups is 1. The Morgan fingerprint density at radius 2 is 2.28 bits per heavy atom. The van der Waals surface area contributed by atoms with Crippen LogP contribution in [0.25, 0.3) is 16.8 Å². The van der Waals surface area contributed by atoms with E-state index in [-0.39, 0.29) is 0 Å². The molecule has 3 aromatic rings. The zero-order valence-electron chi connectivity index (χ0n) is 9.49. The molecule has 0 radical (unpaired) electrons. The summed E-state index contributed by atoms with van der Waals surface area (Å²) in [5, 5.41) is 15.9. The Morgan fingerprint density at radius 1 is 1.50 bits per heavy atom. The lowest BCUT2D eigenvalue weighted by Gasteiger charge is -2.03. The molecule has 0 amide bonds. The first kappa shape index (κ1) is 11.1. The minimum atomic E-state index is -0.861. The number of nitrogens with one attached hydrogen (secondary N) is 1. The Kier molecular flexibility index (Phi) is 2.48. The second-order valence-electron chi connectivity index (χ2n) is 3.86. The Hall–Kier alpha value is -2.02. The molecule has 6 nitrogen and oxygen atoms in total. The Morgan fingerprint density at radius 3 is 3.06 bits per heavy atom. The molecule has 3 rings (SSSR count). The number of carboxylic acids is 1. The number of aliphatic carboxylic acids is 1. The van der Waals surface area contributed by atoms with Gasteiger partial charge in [0.2, 0.25) is 5.78 Å². The van der Waals surface area contributed by atoms with E-state index in [1.54, 1.807) is 6.92 Å². The summed E-state index contributed by atoms with van der Waals surface area (Å²) in [6.07, 6.45) is 0. The standard InChI is InChI=1S/C11H10N4O2S/c1-6(9(16)17)18-11-14-13-10-12-7-4-2-3-5-8(7)15(10)11/h2-6H,1H3,(H,12,13)(H,16,17). The third-order valence-electron chi connectivity index (χ3n) is 2.63. The average molecular weight is 262 g/mol. The van der Waals surface area contributed by atoms with Crippen molar-refractivity contribution in [2.24, 2.45) is 0 Å². The van der Waals surface area contributed by atoms with Crippen LogP contribution in [0.1, 0.15) is 6.92 Å². The second kappa shape index (κ2) is 4.02. The molecule has 2 aromatic heterocycles. The first-order chi connectivity index (χ1) is 8.66. The van der Waals surface area contributed by atoms with Gasteiger partial charge >= 0.3 is 5.97 Å². The lowest BCUT2D eigenvalue weighted by Crippen LogP contribution is -2.11. The molecule has 0 bridgehead atoms. The summed E-state index contributed by atoms with van der Waals surface area (Å²) in [5.41, 5.74) is 1.78. The van der Waals surface area contributed by atoms with Gasteiger partial charge < -0.3 is 5.11 Å². The van der Waals surface area contributed by atoms with E-state index in [2.05, 4.69) is 15.2 Å². The lowest BCUT2D eigenvalue weighted by molar-refractivity contribution is -0.136. The second-order valence-corrected chi connectivity index (χ2v) is 5.17. The van der Waals surface area contributed by atoms with Gasteiger partial charge in [0.05, 0.1) is 11.0 Å². The largest absolute Gasteiger partial charge is 0.480 e. The smallest absolute Gasteiger partial charge is 0.316 e. The van der Waals surface area contributed by atoms with Crippen molar-refractivity contribution in [3.63, 3.8) is 0 Å². The predicted molar refractivity (Wildman–Crippen MR) is 67.8 cm³/mol. The highest BCUT2D eigenvalue weighted by atomic mass is 32.2. The fourth-order valence-corrected chi connectivity index (χ4v) is 2.54. The van der Waals surface area contributed by atoms with Crippen LogP contribution in [-0.4, -0.2) is 35.9 Å². The van der Waals surface area contributed by atoms with Crippen molar-refractivity contribution in [3.8, 4) is 0 Å². The molecule has 18 heavy (non-hydrogen) atoms. The predicted octanol–water partition coefficient (Wildman–Crippen LogP) is 1.78. The van der Waals surface area contributed by atoms with Crippen LogP contribution in [0.5, 0.6) is 0 Å². The minimum absolute atomic E-state index is 0.558. The van der Waals surface area contributed by atoms with Crippen molar-refractivity contribution in [2.75, 3.05) is 0 Å². The maximum atomic E-state index is 10.9. The van der Waals surface area contributed by atoms with Crippen LogP contribution < -0.4 is 0 Å². The number of para-hydroxylation sites is 2. The summed E-state index contributed by atoms with van der Waals surface area (Å²) in [6.45, 7) is 1.63. The molecule has 0 fully saturated rings. The SMILES string of the molecule is CC(Sc1n[nH]c2nc3ccccc3n12)C(=O)O. The molecule has 0 aliphatic rings. The number of carboxylic acid groups (broad SMARTS) is 1. The number of fused-ring (bicyclic) bond motifs is 3. The highest BCUT2D eigenvalue weighted by Crippen LogP contribution is 2.25. The maximum Gasteiger partial charge on any atom is 0.316 e. The normalized spacial score (nSPS) is 13.2. The van der Waals surface area contributed by atoms with E-state index in [0.717, 1.165) is 11.0 Å². The first-order valence-electron chi connectivity index (χ1n) is 5.38. The Labute approximate surface area is 106 Å². The van der Waals surface area contributed by atoms with Gasteiger partial charge in [-0.25, -0.2) is 10.1 Å². The fraction of sp³-hybridized carbons (Fsp3) is 0.182. The molecule has 0 saturated heterocycles. The van der Waals surface area contributed by atoms with Crippen molar-refractivity contribution in [2.45, 2.75) is 17.3 Å². The van der Waals surface area contributed by atoms with Gasteiger partial charge in [0.25, 0.3) is 0 Å². The summed E-state index contributed by atoms with van der Waals surface area (Å²) >= 11 is 1.19. The number of aromatic nitrogens is 4. The number of rotatable bonds is 3. The van der Waals surface area contributed by atoms with Crippen molar-refractivity contribution in [1.82, 2.24) is 19.6 Å². The number of H-pyrrole nitrogens is 1. The number of hydrogen-bond donors (Lipinski definition) is 2.